The van der Waals surface area contributed by atoms with E-state index in [4.69, 9.17) is 21.1 Å². The van der Waals surface area contributed by atoms with Crippen LogP contribution in [0.1, 0.15) is 12.0 Å². The minimum absolute atomic E-state index is 0.725. The normalized spacial score (nSPS) is 16.1. The largest absolute Gasteiger partial charge is 0.493 e. The number of benzene rings is 1. The van der Waals surface area contributed by atoms with Gasteiger partial charge in [0.25, 0.3) is 0 Å². The SMILES string of the molecule is C=CCc1cc(Cl)ccc1OCCCN1CCOCC1. The molecule has 1 aromatic carbocycles. The van der Waals surface area contributed by atoms with Gasteiger partial charge < -0.3 is 9.47 Å². The minimum atomic E-state index is 0.725. The van der Waals surface area contributed by atoms with E-state index in [1.54, 1.807) is 0 Å². The Morgan fingerprint density at radius 1 is 1.35 bits per heavy atom. The molecule has 3 nitrogen and oxygen atoms in total. The fourth-order valence-corrected chi connectivity index (χ4v) is 2.49. The average molecular weight is 296 g/mol. The second kappa shape index (κ2) is 8.30. The zero-order valence-corrected chi connectivity index (χ0v) is 12.6. The molecule has 2 rings (SSSR count). The van der Waals surface area contributed by atoms with Crippen LogP contribution in [0.5, 0.6) is 5.75 Å². The molecule has 0 saturated carbocycles. The number of halogens is 1. The van der Waals surface area contributed by atoms with E-state index in [1.165, 1.54) is 0 Å². The summed E-state index contributed by atoms with van der Waals surface area (Å²) in [6.07, 6.45) is 3.67. The molecule has 0 bridgehead atoms. The van der Waals surface area contributed by atoms with Gasteiger partial charge in [0.2, 0.25) is 0 Å². The molecule has 1 saturated heterocycles. The molecule has 0 atom stereocenters. The van der Waals surface area contributed by atoms with Crippen LogP contribution in [0.2, 0.25) is 5.02 Å². The fraction of sp³-hybridized carbons (Fsp3) is 0.500. The van der Waals surface area contributed by atoms with Crippen molar-refractivity contribution in [2.24, 2.45) is 0 Å². The van der Waals surface area contributed by atoms with Gasteiger partial charge in [-0.15, -0.1) is 6.58 Å². The number of rotatable bonds is 7. The van der Waals surface area contributed by atoms with Crippen LogP contribution in [0.4, 0.5) is 0 Å². The molecule has 1 heterocycles. The van der Waals surface area contributed by atoms with E-state index in [0.29, 0.717) is 0 Å². The summed E-state index contributed by atoms with van der Waals surface area (Å²) in [5.41, 5.74) is 1.10. The molecule has 110 valence electrons. The maximum absolute atomic E-state index is 6.01. The van der Waals surface area contributed by atoms with Crippen molar-refractivity contribution < 1.29 is 9.47 Å². The van der Waals surface area contributed by atoms with E-state index in [0.717, 1.165) is 68.6 Å². The predicted molar refractivity (Wildman–Crippen MR) is 82.7 cm³/mol. The van der Waals surface area contributed by atoms with E-state index in [1.807, 2.05) is 24.3 Å². The fourth-order valence-electron chi connectivity index (χ4n) is 2.30. The second-order valence-corrected chi connectivity index (χ2v) is 5.34. The molecule has 4 heteroatoms. The van der Waals surface area contributed by atoms with Crippen LogP contribution in [0, 0.1) is 0 Å². The lowest BCUT2D eigenvalue weighted by atomic mass is 10.1. The molecule has 0 spiro atoms. The third-order valence-corrected chi connectivity index (χ3v) is 3.60. The van der Waals surface area contributed by atoms with Crippen molar-refractivity contribution in [2.75, 3.05) is 39.5 Å². The van der Waals surface area contributed by atoms with Crippen LogP contribution in [-0.4, -0.2) is 44.4 Å². The first kappa shape index (κ1) is 15.4. The van der Waals surface area contributed by atoms with Gasteiger partial charge in [-0.05, 0) is 36.6 Å². The first-order valence-corrected chi connectivity index (χ1v) is 7.49. The summed E-state index contributed by atoms with van der Waals surface area (Å²) in [5, 5.41) is 0.738. The molecule has 1 fully saturated rings. The summed E-state index contributed by atoms with van der Waals surface area (Å²) in [6.45, 7) is 9.31. The molecule has 1 aliphatic heterocycles. The molecule has 1 aliphatic rings. The van der Waals surface area contributed by atoms with Crippen molar-refractivity contribution >= 4 is 11.6 Å². The Hall–Kier alpha value is -1.03. The van der Waals surface area contributed by atoms with Crippen LogP contribution in [0.3, 0.4) is 0 Å². The van der Waals surface area contributed by atoms with E-state index in [9.17, 15) is 0 Å². The highest BCUT2D eigenvalue weighted by atomic mass is 35.5. The monoisotopic (exact) mass is 295 g/mol. The lowest BCUT2D eigenvalue weighted by Gasteiger charge is -2.26. The van der Waals surface area contributed by atoms with Crippen LogP contribution in [0.25, 0.3) is 0 Å². The smallest absolute Gasteiger partial charge is 0.122 e. The Morgan fingerprint density at radius 2 is 2.15 bits per heavy atom. The van der Waals surface area contributed by atoms with Crippen LogP contribution in [-0.2, 0) is 11.2 Å². The van der Waals surface area contributed by atoms with E-state index in [2.05, 4.69) is 11.5 Å². The molecule has 0 radical (unpaired) electrons. The van der Waals surface area contributed by atoms with Gasteiger partial charge >= 0.3 is 0 Å². The van der Waals surface area contributed by atoms with Gasteiger partial charge in [0.15, 0.2) is 0 Å². The van der Waals surface area contributed by atoms with Gasteiger partial charge in [-0.25, -0.2) is 0 Å². The van der Waals surface area contributed by atoms with Gasteiger partial charge in [0.1, 0.15) is 5.75 Å². The molecule has 0 aromatic heterocycles. The molecule has 1 aromatic rings. The summed E-state index contributed by atoms with van der Waals surface area (Å²) in [5.74, 6) is 0.913. The van der Waals surface area contributed by atoms with Crippen molar-refractivity contribution in [3.8, 4) is 5.75 Å². The highest BCUT2D eigenvalue weighted by Crippen LogP contribution is 2.23. The summed E-state index contributed by atoms with van der Waals surface area (Å²) in [6, 6.07) is 5.75. The van der Waals surface area contributed by atoms with Crippen LogP contribution in [0.15, 0.2) is 30.9 Å². The Kier molecular flexibility index (Phi) is 6.37. The summed E-state index contributed by atoms with van der Waals surface area (Å²) >= 11 is 6.01. The van der Waals surface area contributed by atoms with Crippen molar-refractivity contribution in [1.29, 1.82) is 0 Å². The molecular formula is C16H22ClNO2. The van der Waals surface area contributed by atoms with Gasteiger partial charge in [-0.3, -0.25) is 4.90 Å². The third kappa shape index (κ3) is 4.82. The first-order chi connectivity index (χ1) is 9.79. The zero-order valence-electron chi connectivity index (χ0n) is 11.8. The van der Waals surface area contributed by atoms with Crippen molar-refractivity contribution in [3.05, 3.63) is 41.4 Å². The van der Waals surface area contributed by atoms with Gasteiger partial charge in [0, 0.05) is 24.7 Å². The van der Waals surface area contributed by atoms with Crippen molar-refractivity contribution in [3.63, 3.8) is 0 Å². The lowest BCUT2D eigenvalue weighted by molar-refractivity contribution is 0.0358. The number of morpholine rings is 1. The van der Waals surface area contributed by atoms with Crippen molar-refractivity contribution in [1.82, 2.24) is 4.90 Å². The highest BCUT2D eigenvalue weighted by Gasteiger charge is 2.09. The lowest BCUT2D eigenvalue weighted by Crippen LogP contribution is -2.37. The molecule has 0 amide bonds. The molecule has 0 N–H and O–H groups in total. The Balaban J connectivity index is 1.76. The van der Waals surface area contributed by atoms with E-state index >= 15 is 0 Å². The Labute approximate surface area is 126 Å². The quantitative estimate of drug-likeness (QED) is 0.570. The summed E-state index contributed by atoms with van der Waals surface area (Å²) in [7, 11) is 0. The summed E-state index contributed by atoms with van der Waals surface area (Å²) in [4.78, 5) is 2.42. The van der Waals surface area contributed by atoms with E-state index in [-0.39, 0.29) is 0 Å². The third-order valence-electron chi connectivity index (χ3n) is 3.37. The number of nitrogens with zero attached hydrogens (tertiary/aromatic N) is 1. The maximum atomic E-state index is 6.01. The van der Waals surface area contributed by atoms with E-state index < -0.39 is 0 Å². The summed E-state index contributed by atoms with van der Waals surface area (Å²) < 4.78 is 11.2. The molecule has 0 aliphatic carbocycles. The minimum Gasteiger partial charge on any atom is -0.493 e. The molecule has 0 unspecified atom stereocenters. The van der Waals surface area contributed by atoms with Gasteiger partial charge in [-0.2, -0.15) is 0 Å². The van der Waals surface area contributed by atoms with Crippen molar-refractivity contribution in [2.45, 2.75) is 12.8 Å². The zero-order chi connectivity index (χ0) is 14.2. The predicted octanol–water partition coefficient (Wildman–Crippen LogP) is 3.17. The number of allylic oxidation sites excluding steroid dienone is 1. The molecule has 20 heavy (non-hydrogen) atoms. The van der Waals surface area contributed by atoms with Gasteiger partial charge in [-0.1, -0.05) is 17.7 Å². The average Bonchev–Trinajstić information content (AvgIpc) is 2.47. The van der Waals surface area contributed by atoms with Crippen LogP contribution >= 0.6 is 11.6 Å². The standard InChI is InChI=1S/C16H22ClNO2/c1-2-4-14-13-15(17)5-6-16(14)20-10-3-7-18-8-11-19-12-9-18/h2,5-6,13H,1,3-4,7-12H2. The topological polar surface area (TPSA) is 21.7 Å². The van der Waals surface area contributed by atoms with Crippen LogP contribution < -0.4 is 4.74 Å². The maximum Gasteiger partial charge on any atom is 0.122 e. The number of hydrogen-bond donors (Lipinski definition) is 0. The van der Waals surface area contributed by atoms with Gasteiger partial charge in [0.05, 0.1) is 19.8 Å². The number of ether oxygens (including phenoxy) is 2. The molecular weight excluding hydrogens is 274 g/mol. The Bertz CT molecular complexity index is 430. The number of hydrogen-bond acceptors (Lipinski definition) is 3. The highest BCUT2D eigenvalue weighted by molar-refractivity contribution is 6.30. The Morgan fingerprint density at radius 3 is 2.90 bits per heavy atom. The second-order valence-electron chi connectivity index (χ2n) is 4.90. The first-order valence-electron chi connectivity index (χ1n) is 7.12.